The van der Waals surface area contributed by atoms with Crippen molar-refractivity contribution >= 4 is 0 Å². The molecule has 0 heterocycles. The molecule has 0 aliphatic rings. The van der Waals surface area contributed by atoms with E-state index >= 15 is 0 Å². The number of phenolic OH excluding ortho intramolecular Hbond substituents is 8. The Labute approximate surface area is 423 Å². The van der Waals surface area contributed by atoms with Gasteiger partial charge in [0, 0.05) is 38.9 Å². The van der Waals surface area contributed by atoms with Crippen LogP contribution in [0, 0.1) is 34.6 Å². The fraction of sp³-hybridized carbons (Fsp3) is 0.333. The first kappa shape index (κ1) is 56.5. The van der Waals surface area contributed by atoms with Gasteiger partial charge in [-0.05, 0) is 151 Å². The number of aryl methyl sites for hydroxylation is 4. The van der Waals surface area contributed by atoms with Crippen molar-refractivity contribution in [2.24, 2.45) is 0 Å². The number of phenols is 8. The quantitative estimate of drug-likeness (QED) is 0.0812. The Balaban J connectivity index is 0.000000208. The van der Waals surface area contributed by atoms with E-state index < -0.39 is 0 Å². The van der Waals surface area contributed by atoms with Gasteiger partial charge in [0.25, 0.3) is 0 Å². The summed E-state index contributed by atoms with van der Waals surface area (Å²) in [4.78, 5) is 0. The number of hydrogen-bond donors (Lipinski definition) is 8. The van der Waals surface area contributed by atoms with E-state index in [1.165, 1.54) is 0 Å². The summed E-state index contributed by atoms with van der Waals surface area (Å²) in [7, 11) is 0. The molecular formula is C63H78O8. The van der Waals surface area contributed by atoms with Gasteiger partial charge < -0.3 is 40.9 Å². The normalized spacial score (nSPS) is 11.6. The number of aromatic hydroxyl groups is 8. The van der Waals surface area contributed by atoms with Crippen molar-refractivity contribution in [2.75, 3.05) is 0 Å². The molecule has 8 nitrogen and oxygen atoms in total. The highest BCUT2D eigenvalue weighted by Gasteiger charge is 2.27. The first-order valence-corrected chi connectivity index (χ1v) is 24.0. The highest BCUT2D eigenvalue weighted by Crippen LogP contribution is 2.45. The SMILES string of the molecule is CC(C)(C)c1ccc(O)c(-c2cc(C(C)(C)C)ccc2O)c1.Cc1c(C(C)(C)C)cc(C(C)(C)C)c(O)c1O.Cc1ccc(O)c(-c2cc(C)ccc2O)c1.Cc1ccc(O)c(-c2cc(C)ccc2O)c1. The van der Waals surface area contributed by atoms with E-state index in [1.807, 2.05) is 134 Å². The van der Waals surface area contributed by atoms with Crippen LogP contribution in [0.5, 0.6) is 46.0 Å². The van der Waals surface area contributed by atoms with Crippen LogP contribution < -0.4 is 0 Å². The van der Waals surface area contributed by atoms with E-state index in [2.05, 4.69) is 62.3 Å². The van der Waals surface area contributed by atoms with Crippen LogP contribution in [0.4, 0.5) is 0 Å². The minimum atomic E-state index is -0.185. The van der Waals surface area contributed by atoms with Crippen molar-refractivity contribution in [3.63, 3.8) is 0 Å². The van der Waals surface area contributed by atoms with Gasteiger partial charge in [0.2, 0.25) is 0 Å². The van der Waals surface area contributed by atoms with E-state index in [0.29, 0.717) is 33.4 Å². The molecule has 0 saturated carbocycles. The second-order valence-corrected chi connectivity index (χ2v) is 22.8. The lowest BCUT2D eigenvalue weighted by atomic mass is 9.78. The van der Waals surface area contributed by atoms with E-state index in [9.17, 15) is 40.9 Å². The predicted molar refractivity (Wildman–Crippen MR) is 294 cm³/mol. The average molecular weight is 963 g/mol. The maximum atomic E-state index is 10.3. The molecule has 0 spiro atoms. The van der Waals surface area contributed by atoms with Crippen molar-refractivity contribution < 1.29 is 40.9 Å². The van der Waals surface area contributed by atoms with Crippen LogP contribution >= 0.6 is 0 Å². The van der Waals surface area contributed by atoms with Crippen molar-refractivity contribution in [3.05, 3.63) is 165 Å². The largest absolute Gasteiger partial charge is 0.507 e. The summed E-state index contributed by atoms with van der Waals surface area (Å²) in [6.07, 6.45) is 0. The molecule has 7 aromatic rings. The number of benzene rings is 7. The molecule has 0 unspecified atom stereocenters. The lowest BCUT2D eigenvalue weighted by Gasteiger charge is -2.28. The Morgan fingerprint density at radius 2 is 0.493 bits per heavy atom. The van der Waals surface area contributed by atoms with Gasteiger partial charge >= 0.3 is 0 Å². The molecule has 0 aliphatic heterocycles. The minimum absolute atomic E-state index is 0.0142. The zero-order valence-corrected chi connectivity index (χ0v) is 45.0. The van der Waals surface area contributed by atoms with Gasteiger partial charge in [0.1, 0.15) is 34.5 Å². The second kappa shape index (κ2) is 21.9. The van der Waals surface area contributed by atoms with Gasteiger partial charge in [-0.2, -0.15) is 0 Å². The van der Waals surface area contributed by atoms with Crippen LogP contribution in [0.25, 0.3) is 33.4 Å². The Kier molecular flexibility index (Phi) is 17.5. The van der Waals surface area contributed by atoms with Gasteiger partial charge in [-0.1, -0.05) is 148 Å². The molecule has 0 aromatic heterocycles. The van der Waals surface area contributed by atoms with Crippen molar-refractivity contribution in [1.29, 1.82) is 0 Å². The molecule has 0 fully saturated rings. The third-order valence-electron chi connectivity index (χ3n) is 12.3. The van der Waals surface area contributed by atoms with Crippen LogP contribution in [0.3, 0.4) is 0 Å². The summed E-state index contributed by atoms with van der Waals surface area (Å²) >= 11 is 0. The van der Waals surface area contributed by atoms with Gasteiger partial charge in [-0.3, -0.25) is 0 Å². The lowest BCUT2D eigenvalue weighted by Crippen LogP contribution is -2.18. The van der Waals surface area contributed by atoms with Crippen LogP contribution in [-0.4, -0.2) is 40.9 Å². The summed E-state index contributed by atoms with van der Waals surface area (Å²) in [5.41, 5.74) is 12.9. The maximum absolute atomic E-state index is 10.3. The summed E-state index contributed by atoms with van der Waals surface area (Å²) in [6.45, 7) is 34.9. The Morgan fingerprint density at radius 3 is 0.732 bits per heavy atom. The molecule has 71 heavy (non-hydrogen) atoms. The van der Waals surface area contributed by atoms with Gasteiger partial charge in [-0.15, -0.1) is 0 Å². The van der Waals surface area contributed by atoms with Gasteiger partial charge in [0.15, 0.2) is 11.5 Å². The molecule has 0 atom stereocenters. The molecule has 0 amide bonds. The highest BCUT2D eigenvalue weighted by molar-refractivity contribution is 5.78. The average Bonchev–Trinajstić information content (AvgIpc) is 3.26. The monoisotopic (exact) mass is 963 g/mol. The third kappa shape index (κ3) is 14.5. The third-order valence-corrected chi connectivity index (χ3v) is 12.3. The first-order valence-electron chi connectivity index (χ1n) is 24.0. The molecule has 8 N–H and O–H groups in total. The summed E-state index contributed by atoms with van der Waals surface area (Å²) in [5.74, 6) is 1.16. The maximum Gasteiger partial charge on any atom is 0.161 e. The number of rotatable bonds is 3. The highest BCUT2D eigenvalue weighted by atomic mass is 16.3. The minimum Gasteiger partial charge on any atom is -0.507 e. The zero-order chi connectivity index (χ0) is 53.7. The molecule has 0 aliphatic carbocycles. The smallest absolute Gasteiger partial charge is 0.161 e. The predicted octanol–water partition coefficient (Wildman–Crippen LogP) is 16.1. The molecule has 0 saturated heterocycles. The van der Waals surface area contributed by atoms with E-state index in [-0.39, 0.29) is 67.7 Å². The molecule has 0 bridgehead atoms. The molecule has 7 rings (SSSR count). The second-order valence-electron chi connectivity index (χ2n) is 22.8. The lowest BCUT2D eigenvalue weighted by molar-refractivity contribution is 0.383. The van der Waals surface area contributed by atoms with Crippen molar-refractivity contribution in [2.45, 2.75) is 139 Å². The van der Waals surface area contributed by atoms with Crippen LogP contribution in [0.1, 0.15) is 133 Å². The molecule has 0 radical (unpaired) electrons. The van der Waals surface area contributed by atoms with Gasteiger partial charge in [-0.25, -0.2) is 0 Å². The standard InChI is InChI=1S/C20H26O2.C15H24O2.2C14H14O2/c1-19(2,3)13-7-9-17(21)15(11-13)16-12-14(20(4,5)6)8-10-18(16)22;1-9-10(14(2,3)4)8-11(15(5,6)7)13(17)12(9)16;2*1-9-3-5-13(15)11(7-9)12-8-10(2)4-6-14(12)16/h7-12,21-22H,1-6H3;8,16-17H,1-7H3;2*3-8,15-16H,1-2H3. The van der Waals surface area contributed by atoms with E-state index in [0.717, 1.165) is 50.1 Å². The first-order chi connectivity index (χ1) is 32.6. The van der Waals surface area contributed by atoms with Crippen LogP contribution in [0.15, 0.2) is 115 Å². The molecule has 8 heteroatoms. The Morgan fingerprint density at radius 1 is 0.254 bits per heavy atom. The van der Waals surface area contributed by atoms with E-state index in [4.69, 9.17) is 0 Å². The number of hydrogen-bond acceptors (Lipinski definition) is 8. The fourth-order valence-corrected chi connectivity index (χ4v) is 8.00. The summed E-state index contributed by atoms with van der Waals surface area (Å²) in [6, 6.07) is 34.6. The van der Waals surface area contributed by atoms with E-state index in [1.54, 1.807) is 36.4 Å². The van der Waals surface area contributed by atoms with Gasteiger partial charge in [0.05, 0.1) is 0 Å². The fourth-order valence-electron chi connectivity index (χ4n) is 8.00. The Bertz CT molecular complexity index is 2690. The van der Waals surface area contributed by atoms with Crippen molar-refractivity contribution in [1.82, 2.24) is 0 Å². The topological polar surface area (TPSA) is 162 Å². The summed E-state index contributed by atoms with van der Waals surface area (Å²) in [5, 5.41) is 79.8. The Hall–Kier alpha value is -7.06. The van der Waals surface area contributed by atoms with Crippen LogP contribution in [0.2, 0.25) is 0 Å². The van der Waals surface area contributed by atoms with Crippen LogP contribution in [-0.2, 0) is 21.7 Å². The van der Waals surface area contributed by atoms with Crippen molar-refractivity contribution in [3.8, 4) is 79.4 Å². The molecular weight excluding hydrogens is 885 g/mol. The summed E-state index contributed by atoms with van der Waals surface area (Å²) < 4.78 is 0. The molecule has 378 valence electrons. The zero-order valence-electron chi connectivity index (χ0n) is 45.0. The molecule has 7 aromatic carbocycles.